The molecular weight excluding hydrogens is 406 g/mol. The van der Waals surface area contributed by atoms with Crippen LogP contribution in [0.3, 0.4) is 0 Å². The zero-order valence-electron chi connectivity index (χ0n) is 18.2. The van der Waals surface area contributed by atoms with E-state index in [0.717, 1.165) is 5.56 Å². The molecule has 3 aromatic rings. The molecule has 0 fully saturated rings. The Morgan fingerprint density at radius 3 is 2.28 bits per heavy atom. The van der Waals surface area contributed by atoms with Crippen LogP contribution in [0.2, 0.25) is 0 Å². The van der Waals surface area contributed by atoms with Crippen LogP contribution in [-0.2, 0) is 0 Å². The Labute approximate surface area is 188 Å². The molecule has 1 aliphatic heterocycles. The molecular formula is C26H27NO5. The predicted molar refractivity (Wildman–Crippen MR) is 122 cm³/mol. The second-order valence-electron chi connectivity index (χ2n) is 7.46. The third-order valence-electron chi connectivity index (χ3n) is 5.51. The lowest BCUT2D eigenvalue weighted by atomic mass is 9.85. The molecule has 2 atom stereocenters. The van der Waals surface area contributed by atoms with Crippen molar-refractivity contribution in [1.82, 2.24) is 5.32 Å². The van der Waals surface area contributed by atoms with Crippen molar-refractivity contribution in [3.05, 3.63) is 83.9 Å². The first-order chi connectivity index (χ1) is 15.7. The zero-order chi connectivity index (χ0) is 22.3. The first-order valence-electron chi connectivity index (χ1n) is 10.6. The van der Waals surface area contributed by atoms with Crippen LogP contribution in [0.25, 0.3) is 0 Å². The molecule has 6 nitrogen and oxygen atoms in total. The van der Waals surface area contributed by atoms with Gasteiger partial charge in [0.25, 0.3) is 0 Å². The summed E-state index contributed by atoms with van der Waals surface area (Å²) in [6.45, 7) is 1.42. The minimum Gasteiger partial charge on any atom is -0.493 e. The van der Waals surface area contributed by atoms with E-state index in [0.29, 0.717) is 48.3 Å². The maximum atomic E-state index is 13.3. The van der Waals surface area contributed by atoms with Crippen LogP contribution in [-0.4, -0.2) is 39.7 Å². The fraction of sp³-hybridized carbons (Fsp3) is 0.269. The van der Waals surface area contributed by atoms with Crippen LogP contribution in [0.4, 0.5) is 0 Å². The van der Waals surface area contributed by atoms with Crippen molar-refractivity contribution in [2.75, 3.05) is 33.9 Å². The summed E-state index contributed by atoms with van der Waals surface area (Å²) in [6, 6.07) is 22.8. The van der Waals surface area contributed by atoms with Gasteiger partial charge in [-0.1, -0.05) is 48.5 Å². The number of ketones is 1. The van der Waals surface area contributed by atoms with Crippen LogP contribution in [0.5, 0.6) is 23.0 Å². The number of para-hydroxylation sites is 2. The third kappa shape index (κ3) is 4.55. The lowest BCUT2D eigenvalue weighted by Gasteiger charge is -2.33. The third-order valence-corrected chi connectivity index (χ3v) is 5.51. The summed E-state index contributed by atoms with van der Waals surface area (Å²) < 4.78 is 22.9. The highest BCUT2D eigenvalue weighted by atomic mass is 16.5. The quantitative estimate of drug-likeness (QED) is 0.508. The maximum Gasteiger partial charge on any atom is 0.203 e. The van der Waals surface area contributed by atoms with Gasteiger partial charge in [-0.05, 0) is 29.8 Å². The van der Waals surface area contributed by atoms with E-state index < -0.39 is 0 Å². The molecule has 0 bridgehead atoms. The van der Waals surface area contributed by atoms with Crippen LogP contribution in [0.1, 0.15) is 22.0 Å². The fourth-order valence-electron chi connectivity index (χ4n) is 3.91. The normalized spacial score (nSPS) is 17.2. The topological polar surface area (TPSA) is 66.0 Å². The van der Waals surface area contributed by atoms with E-state index in [-0.39, 0.29) is 17.8 Å². The Hall–Kier alpha value is -3.51. The van der Waals surface area contributed by atoms with Crippen LogP contribution in [0.15, 0.2) is 72.8 Å². The molecule has 0 spiro atoms. The second-order valence-corrected chi connectivity index (χ2v) is 7.46. The van der Waals surface area contributed by atoms with E-state index in [1.807, 2.05) is 72.8 Å². The van der Waals surface area contributed by atoms with Gasteiger partial charge in [0.05, 0.1) is 25.7 Å². The van der Waals surface area contributed by atoms with E-state index in [1.54, 1.807) is 14.2 Å². The van der Waals surface area contributed by atoms with Gasteiger partial charge in [-0.25, -0.2) is 0 Å². The minimum absolute atomic E-state index is 0.0838. The molecule has 0 aliphatic carbocycles. The van der Waals surface area contributed by atoms with E-state index in [4.69, 9.17) is 18.9 Å². The molecule has 0 unspecified atom stereocenters. The van der Waals surface area contributed by atoms with Crippen LogP contribution < -0.4 is 24.3 Å². The SMILES string of the molecule is COc1cccc(OC)c1OCCNC[C@H]1C(=O)c2ccccc2O[C@@H]1c1ccccc1. The van der Waals surface area contributed by atoms with Gasteiger partial charge >= 0.3 is 0 Å². The van der Waals surface area contributed by atoms with Crippen molar-refractivity contribution in [3.8, 4) is 23.0 Å². The van der Waals surface area contributed by atoms with Gasteiger partial charge in [0.1, 0.15) is 18.5 Å². The number of rotatable bonds is 9. The highest BCUT2D eigenvalue weighted by molar-refractivity contribution is 6.01. The summed E-state index contributed by atoms with van der Waals surface area (Å²) in [5.74, 6) is 2.16. The highest BCUT2D eigenvalue weighted by Crippen LogP contribution is 2.38. The Morgan fingerprint density at radius 1 is 0.875 bits per heavy atom. The molecule has 4 rings (SSSR count). The largest absolute Gasteiger partial charge is 0.493 e. The molecule has 0 aromatic heterocycles. The minimum atomic E-state index is -0.346. The van der Waals surface area contributed by atoms with Gasteiger partial charge in [-0.3, -0.25) is 4.79 Å². The van der Waals surface area contributed by atoms with E-state index >= 15 is 0 Å². The summed E-state index contributed by atoms with van der Waals surface area (Å²) in [6.07, 6.45) is -0.346. The Kier molecular flexibility index (Phi) is 6.92. The summed E-state index contributed by atoms with van der Waals surface area (Å²) in [5.41, 5.74) is 1.61. The Balaban J connectivity index is 1.42. The van der Waals surface area contributed by atoms with Crippen molar-refractivity contribution < 1.29 is 23.7 Å². The molecule has 0 amide bonds. The zero-order valence-corrected chi connectivity index (χ0v) is 18.2. The average molecular weight is 434 g/mol. The number of nitrogens with one attached hydrogen (secondary N) is 1. The molecule has 0 saturated carbocycles. The summed E-state index contributed by atoms with van der Waals surface area (Å²) in [4.78, 5) is 13.3. The monoisotopic (exact) mass is 433 g/mol. The van der Waals surface area contributed by atoms with Crippen molar-refractivity contribution in [2.24, 2.45) is 5.92 Å². The van der Waals surface area contributed by atoms with Crippen LogP contribution in [0, 0.1) is 5.92 Å². The average Bonchev–Trinajstić information content (AvgIpc) is 2.85. The van der Waals surface area contributed by atoms with Crippen molar-refractivity contribution in [2.45, 2.75) is 6.10 Å². The van der Waals surface area contributed by atoms with Gasteiger partial charge in [0.2, 0.25) is 5.75 Å². The van der Waals surface area contributed by atoms with Crippen molar-refractivity contribution in [3.63, 3.8) is 0 Å². The van der Waals surface area contributed by atoms with Gasteiger partial charge in [0.15, 0.2) is 17.3 Å². The molecule has 0 saturated heterocycles. The lowest BCUT2D eigenvalue weighted by Crippen LogP contribution is -2.39. The summed E-state index contributed by atoms with van der Waals surface area (Å²) >= 11 is 0. The van der Waals surface area contributed by atoms with Crippen molar-refractivity contribution >= 4 is 5.78 Å². The number of hydrogen-bond acceptors (Lipinski definition) is 6. The number of benzene rings is 3. The van der Waals surface area contributed by atoms with E-state index in [1.165, 1.54) is 0 Å². The number of carbonyl (C=O) groups is 1. The molecule has 3 aromatic carbocycles. The smallest absolute Gasteiger partial charge is 0.203 e. The van der Waals surface area contributed by atoms with Gasteiger partial charge in [0, 0.05) is 13.1 Å². The lowest BCUT2D eigenvalue weighted by molar-refractivity contribution is 0.0653. The second kappa shape index (κ2) is 10.2. The number of carbonyl (C=O) groups excluding carboxylic acids is 1. The number of ether oxygens (including phenoxy) is 4. The molecule has 1 N–H and O–H groups in total. The standard InChI is InChI=1S/C26H27NO5/c1-29-22-13-8-14-23(30-2)26(22)31-16-15-27-17-20-24(28)19-11-6-7-12-21(19)32-25(20)18-9-4-3-5-10-18/h3-14,20,25,27H,15-17H2,1-2H3/t20-,25+/m0/s1. The number of methoxy groups -OCH3 is 2. The summed E-state index contributed by atoms with van der Waals surface area (Å²) in [7, 11) is 3.19. The van der Waals surface area contributed by atoms with Crippen LogP contribution >= 0.6 is 0 Å². The van der Waals surface area contributed by atoms with Gasteiger partial charge in [-0.2, -0.15) is 0 Å². The molecule has 1 aliphatic rings. The molecule has 32 heavy (non-hydrogen) atoms. The summed E-state index contributed by atoms with van der Waals surface area (Å²) in [5, 5.41) is 3.35. The fourth-order valence-corrected chi connectivity index (χ4v) is 3.91. The maximum absolute atomic E-state index is 13.3. The number of hydrogen-bond donors (Lipinski definition) is 1. The first kappa shape index (κ1) is 21.7. The molecule has 6 heteroatoms. The van der Waals surface area contributed by atoms with E-state index in [9.17, 15) is 4.79 Å². The number of Topliss-reactive ketones (excluding diaryl/α,β-unsaturated/α-hetero) is 1. The molecule has 0 radical (unpaired) electrons. The predicted octanol–water partition coefficient (Wildman–Crippen LogP) is 4.31. The molecule has 1 heterocycles. The van der Waals surface area contributed by atoms with E-state index in [2.05, 4.69) is 5.32 Å². The first-order valence-corrected chi connectivity index (χ1v) is 10.6. The van der Waals surface area contributed by atoms with Crippen molar-refractivity contribution in [1.29, 1.82) is 0 Å². The Bertz CT molecular complexity index is 1030. The molecule has 166 valence electrons. The van der Waals surface area contributed by atoms with Gasteiger partial charge in [-0.15, -0.1) is 0 Å². The highest BCUT2D eigenvalue weighted by Gasteiger charge is 2.37. The Morgan fingerprint density at radius 2 is 1.56 bits per heavy atom. The van der Waals surface area contributed by atoms with Gasteiger partial charge < -0.3 is 24.3 Å². The number of fused-ring (bicyclic) bond motifs is 1.